The van der Waals surface area contributed by atoms with Crippen LogP contribution in [0, 0.1) is 11.8 Å². The number of nitrogens with zero attached hydrogens (tertiary/aromatic N) is 1. The SMILES string of the molecule is CN(CCc1cccs1)C(=O)C1CCCC1C(=O)O. The molecule has 2 atom stereocenters. The van der Waals surface area contributed by atoms with Crippen LogP contribution in [0.1, 0.15) is 24.1 Å². The van der Waals surface area contributed by atoms with E-state index >= 15 is 0 Å². The van der Waals surface area contributed by atoms with E-state index in [4.69, 9.17) is 5.11 Å². The molecule has 0 aromatic carbocycles. The van der Waals surface area contributed by atoms with Gasteiger partial charge in [0.05, 0.1) is 11.8 Å². The molecule has 5 heteroatoms. The number of aliphatic carboxylic acids is 1. The van der Waals surface area contributed by atoms with Crippen LogP contribution in [0.4, 0.5) is 0 Å². The highest BCUT2D eigenvalue weighted by atomic mass is 32.1. The van der Waals surface area contributed by atoms with Gasteiger partial charge in [0.15, 0.2) is 0 Å². The number of likely N-dealkylation sites (N-methyl/N-ethyl adjacent to an activating group) is 1. The summed E-state index contributed by atoms with van der Waals surface area (Å²) in [5.41, 5.74) is 0. The van der Waals surface area contributed by atoms with Gasteiger partial charge in [0.25, 0.3) is 0 Å². The number of carbonyl (C=O) groups is 2. The average molecular weight is 281 g/mol. The molecule has 19 heavy (non-hydrogen) atoms. The third kappa shape index (κ3) is 3.35. The molecule has 2 rings (SSSR count). The van der Waals surface area contributed by atoms with Crippen molar-refractivity contribution in [2.75, 3.05) is 13.6 Å². The highest BCUT2D eigenvalue weighted by Crippen LogP contribution is 2.33. The van der Waals surface area contributed by atoms with Crippen molar-refractivity contribution < 1.29 is 14.7 Å². The van der Waals surface area contributed by atoms with Crippen LogP contribution < -0.4 is 0 Å². The maximum Gasteiger partial charge on any atom is 0.307 e. The van der Waals surface area contributed by atoms with Crippen molar-refractivity contribution in [1.29, 1.82) is 0 Å². The molecule has 0 bridgehead atoms. The zero-order valence-electron chi connectivity index (χ0n) is 11.0. The molecule has 4 nitrogen and oxygen atoms in total. The second kappa shape index (κ2) is 6.19. The molecule has 0 aliphatic heterocycles. The Balaban J connectivity index is 1.89. The molecule has 0 spiro atoms. The number of carboxylic acids is 1. The minimum absolute atomic E-state index is 0.0125. The van der Waals surface area contributed by atoms with Gasteiger partial charge in [-0.3, -0.25) is 9.59 Å². The van der Waals surface area contributed by atoms with Crippen LogP contribution in [-0.2, 0) is 16.0 Å². The van der Waals surface area contributed by atoms with Crippen molar-refractivity contribution in [3.63, 3.8) is 0 Å². The normalized spacial score (nSPS) is 22.4. The molecule has 2 unspecified atom stereocenters. The summed E-state index contributed by atoms with van der Waals surface area (Å²) in [6.07, 6.45) is 3.01. The summed E-state index contributed by atoms with van der Waals surface area (Å²) in [7, 11) is 1.77. The monoisotopic (exact) mass is 281 g/mol. The fraction of sp³-hybridized carbons (Fsp3) is 0.571. The highest BCUT2D eigenvalue weighted by molar-refractivity contribution is 7.09. The van der Waals surface area contributed by atoms with Crippen LogP contribution in [-0.4, -0.2) is 35.5 Å². The van der Waals surface area contributed by atoms with E-state index < -0.39 is 11.9 Å². The molecule has 1 aliphatic carbocycles. The lowest BCUT2D eigenvalue weighted by Gasteiger charge is -2.23. The lowest BCUT2D eigenvalue weighted by atomic mass is 9.95. The zero-order chi connectivity index (χ0) is 13.8. The van der Waals surface area contributed by atoms with E-state index in [2.05, 4.69) is 6.07 Å². The predicted molar refractivity (Wildman–Crippen MR) is 74.1 cm³/mol. The Morgan fingerprint density at radius 1 is 1.42 bits per heavy atom. The maximum absolute atomic E-state index is 12.3. The van der Waals surface area contributed by atoms with Gasteiger partial charge < -0.3 is 10.0 Å². The van der Waals surface area contributed by atoms with E-state index in [1.807, 2.05) is 11.4 Å². The van der Waals surface area contributed by atoms with Gasteiger partial charge in [-0.1, -0.05) is 12.5 Å². The minimum Gasteiger partial charge on any atom is -0.481 e. The van der Waals surface area contributed by atoms with Crippen molar-refractivity contribution in [3.8, 4) is 0 Å². The van der Waals surface area contributed by atoms with Gasteiger partial charge in [-0.2, -0.15) is 0 Å². The number of rotatable bonds is 5. The van der Waals surface area contributed by atoms with Gasteiger partial charge in [-0.25, -0.2) is 0 Å². The summed E-state index contributed by atoms with van der Waals surface area (Å²) in [6, 6.07) is 4.05. The van der Waals surface area contributed by atoms with Crippen molar-refractivity contribution in [2.24, 2.45) is 11.8 Å². The standard InChI is InChI=1S/C14H19NO3S/c1-15(8-7-10-4-3-9-19-10)13(16)11-5-2-6-12(11)14(17)18/h3-4,9,11-12H,2,5-8H2,1H3,(H,17,18). The van der Waals surface area contributed by atoms with E-state index in [1.165, 1.54) is 4.88 Å². The number of carbonyl (C=O) groups excluding carboxylic acids is 1. The first kappa shape index (κ1) is 14.1. The quantitative estimate of drug-likeness (QED) is 0.900. The third-order valence-electron chi connectivity index (χ3n) is 3.80. The van der Waals surface area contributed by atoms with Gasteiger partial charge in [0.2, 0.25) is 5.91 Å². The first-order valence-electron chi connectivity index (χ1n) is 6.59. The summed E-state index contributed by atoms with van der Waals surface area (Å²) in [4.78, 5) is 26.3. The first-order valence-corrected chi connectivity index (χ1v) is 7.47. The summed E-state index contributed by atoms with van der Waals surface area (Å²) >= 11 is 1.68. The molecular formula is C14H19NO3S. The molecule has 1 aromatic rings. The molecule has 0 radical (unpaired) electrons. The molecule has 104 valence electrons. The Kier molecular flexibility index (Phi) is 4.58. The van der Waals surface area contributed by atoms with Gasteiger partial charge >= 0.3 is 5.97 Å². The number of carboxylic acid groups (broad SMARTS) is 1. The topological polar surface area (TPSA) is 57.6 Å². The summed E-state index contributed by atoms with van der Waals surface area (Å²) in [5, 5.41) is 11.1. The van der Waals surface area contributed by atoms with Gasteiger partial charge in [0, 0.05) is 18.5 Å². The molecule has 1 N–H and O–H groups in total. The Labute approximate surface area is 117 Å². The lowest BCUT2D eigenvalue weighted by molar-refractivity contribution is -0.148. The average Bonchev–Trinajstić information content (AvgIpc) is 3.05. The van der Waals surface area contributed by atoms with Crippen LogP contribution in [0.15, 0.2) is 17.5 Å². The second-order valence-electron chi connectivity index (χ2n) is 5.07. The van der Waals surface area contributed by atoms with Crippen molar-refractivity contribution >= 4 is 23.2 Å². The Morgan fingerprint density at radius 3 is 2.79 bits per heavy atom. The van der Waals surface area contributed by atoms with Gasteiger partial charge in [-0.05, 0) is 30.7 Å². The predicted octanol–water partition coefficient (Wildman–Crippen LogP) is 2.25. The highest BCUT2D eigenvalue weighted by Gasteiger charge is 2.38. The van der Waals surface area contributed by atoms with E-state index in [0.29, 0.717) is 19.4 Å². The number of amides is 1. The molecule has 1 fully saturated rings. The summed E-state index contributed by atoms with van der Waals surface area (Å²) < 4.78 is 0. The van der Waals surface area contributed by atoms with Crippen LogP contribution in [0.25, 0.3) is 0 Å². The number of thiophene rings is 1. The fourth-order valence-corrected chi connectivity index (χ4v) is 3.38. The lowest BCUT2D eigenvalue weighted by Crippen LogP contribution is -2.37. The third-order valence-corrected chi connectivity index (χ3v) is 4.74. The van der Waals surface area contributed by atoms with Gasteiger partial charge in [0.1, 0.15) is 0 Å². The van der Waals surface area contributed by atoms with E-state index in [0.717, 1.165) is 12.8 Å². The van der Waals surface area contributed by atoms with Crippen LogP contribution in [0.5, 0.6) is 0 Å². The van der Waals surface area contributed by atoms with Crippen molar-refractivity contribution in [2.45, 2.75) is 25.7 Å². The Hall–Kier alpha value is -1.36. The molecule has 1 saturated carbocycles. The summed E-state index contributed by atoms with van der Waals surface area (Å²) in [5.74, 6) is -1.66. The van der Waals surface area contributed by atoms with E-state index in [-0.39, 0.29) is 11.8 Å². The van der Waals surface area contributed by atoms with Crippen LogP contribution in [0.3, 0.4) is 0 Å². The van der Waals surface area contributed by atoms with Crippen molar-refractivity contribution in [3.05, 3.63) is 22.4 Å². The van der Waals surface area contributed by atoms with Gasteiger partial charge in [-0.15, -0.1) is 11.3 Å². The van der Waals surface area contributed by atoms with Crippen LogP contribution >= 0.6 is 11.3 Å². The van der Waals surface area contributed by atoms with E-state index in [9.17, 15) is 9.59 Å². The fourth-order valence-electron chi connectivity index (χ4n) is 2.68. The molecule has 1 heterocycles. The molecule has 1 aromatic heterocycles. The maximum atomic E-state index is 12.3. The van der Waals surface area contributed by atoms with E-state index in [1.54, 1.807) is 23.3 Å². The Morgan fingerprint density at radius 2 is 2.16 bits per heavy atom. The minimum atomic E-state index is -0.831. The largest absolute Gasteiger partial charge is 0.481 e. The molecule has 1 aliphatic rings. The zero-order valence-corrected chi connectivity index (χ0v) is 11.9. The molecular weight excluding hydrogens is 262 g/mol. The Bertz CT molecular complexity index is 444. The smallest absolute Gasteiger partial charge is 0.307 e. The first-order chi connectivity index (χ1) is 9.09. The summed E-state index contributed by atoms with van der Waals surface area (Å²) in [6.45, 7) is 0.655. The number of hydrogen-bond acceptors (Lipinski definition) is 3. The van der Waals surface area contributed by atoms with Crippen molar-refractivity contribution in [1.82, 2.24) is 4.90 Å². The molecule has 1 amide bonds. The molecule has 0 saturated heterocycles. The van der Waals surface area contributed by atoms with Crippen LogP contribution in [0.2, 0.25) is 0 Å². The number of hydrogen-bond donors (Lipinski definition) is 1. The second-order valence-corrected chi connectivity index (χ2v) is 6.10.